The van der Waals surface area contributed by atoms with Gasteiger partial charge in [0.15, 0.2) is 5.82 Å². The van der Waals surface area contributed by atoms with Gasteiger partial charge in [-0.25, -0.2) is 17.8 Å². The molecule has 1 fully saturated rings. The number of nitrogens with one attached hydrogen (secondary N) is 1. The highest BCUT2D eigenvalue weighted by atomic mass is 32.2. The van der Waals surface area contributed by atoms with Gasteiger partial charge in [-0.3, -0.25) is 0 Å². The minimum atomic E-state index is -4.15. The van der Waals surface area contributed by atoms with E-state index < -0.39 is 26.4 Å². The van der Waals surface area contributed by atoms with Gasteiger partial charge in [0, 0.05) is 6.20 Å². The normalized spacial score (nSPS) is 19.2. The SMILES string of the molecule is N#CC1(NS(=O)(=O)c2ncccc2F)CCCCCCC1. The van der Waals surface area contributed by atoms with E-state index in [1.54, 1.807) is 0 Å². The molecule has 1 N–H and O–H groups in total. The van der Waals surface area contributed by atoms with E-state index in [4.69, 9.17) is 0 Å². The average Bonchev–Trinajstić information content (AvgIpc) is 2.42. The van der Waals surface area contributed by atoms with Crippen LogP contribution in [0.2, 0.25) is 0 Å². The molecule has 1 saturated carbocycles. The summed E-state index contributed by atoms with van der Waals surface area (Å²) in [6, 6.07) is 4.45. The van der Waals surface area contributed by atoms with E-state index in [1.165, 1.54) is 12.3 Å². The van der Waals surface area contributed by atoms with Crippen molar-refractivity contribution in [2.75, 3.05) is 0 Å². The second kappa shape index (κ2) is 6.50. The lowest BCUT2D eigenvalue weighted by atomic mass is 9.86. The standard InChI is InChI=1S/C14H18FN3O2S/c15-12-7-6-10-17-13(12)21(19,20)18-14(11-16)8-4-2-1-3-5-9-14/h6-7,10,18H,1-5,8-9H2. The summed E-state index contributed by atoms with van der Waals surface area (Å²) in [5.41, 5.74) is -1.16. The molecule has 1 aliphatic carbocycles. The van der Waals surface area contributed by atoms with E-state index in [-0.39, 0.29) is 0 Å². The van der Waals surface area contributed by atoms with Crippen molar-refractivity contribution in [2.24, 2.45) is 0 Å². The first-order valence-corrected chi connectivity index (χ1v) is 8.53. The third kappa shape index (κ3) is 3.77. The van der Waals surface area contributed by atoms with Crippen molar-refractivity contribution in [3.8, 4) is 6.07 Å². The number of pyridine rings is 1. The Morgan fingerprint density at radius 1 is 1.24 bits per heavy atom. The van der Waals surface area contributed by atoms with Crippen LogP contribution >= 0.6 is 0 Å². The number of nitriles is 1. The zero-order valence-corrected chi connectivity index (χ0v) is 12.5. The summed E-state index contributed by atoms with van der Waals surface area (Å²) in [5.74, 6) is -0.913. The maximum atomic E-state index is 13.6. The van der Waals surface area contributed by atoms with Crippen LogP contribution in [0.4, 0.5) is 4.39 Å². The lowest BCUT2D eigenvalue weighted by Gasteiger charge is -2.29. The topological polar surface area (TPSA) is 82.9 Å². The van der Waals surface area contributed by atoms with Crippen molar-refractivity contribution in [1.82, 2.24) is 9.71 Å². The van der Waals surface area contributed by atoms with Crippen molar-refractivity contribution in [1.29, 1.82) is 5.26 Å². The van der Waals surface area contributed by atoms with Gasteiger partial charge in [0.25, 0.3) is 10.0 Å². The molecule has 0 aromatic carbocycles. The van der Waals surface area contributed by atoms with Crippen molar-refractivity contribution in [2.45, 2.75) is 55.5 Å². The molecule has 114 valence electrons. The first-order chi connectivity index (χ1) is 9.99. The Hall–Kier alpha value is -1.52. The van der Waals surface area contributed by atoms with Crippen LogP contribution in [-0.4, -0.2) is 18.9 Å². The van der Waals surface area contributed by atoms with E-state index in [0.717, 1.165) is 38.2 Å². The summed E-state index contributed by atoms with van der Waals surface area (Å²) >= 11 is 0. The molecule has 7 heteroatoms. The molecule has 1 aromatic heterocycles. The summed E-state index contributed by atoms with van der Waals surface area (Å²) in [5, 5.41) is 8.80. The summed E-state index contributed by atoms with van der Waals surface area (Å²) in [6.45, 7) is 0. The summed E-state index contributed by atoms with van der Waals surface area (Å²) in [4.78, 5) is 3.59. The molecule has 0 spiro atoms. The fourth-order valence-electron chi connectivity index (χ4n) is 2.62. The molecule has 0 bridgehead atoms. The van der Waals surface area contributed by atoms with Gasteiger partial charge in [-0.05, 0) is 25.0 Å². The van der Waals surface area contributed by atoms with Gasteiger partial charge in [0.2, 0.25) is 5.03 Å². The molecule has 0 saturated heterocycles. The molecule has 1 aliphatic rings. The Labute approximate surface area is 124 Å². The number of sulfonamides is 1. The third-order valence-electron chi connectivity index (χ3n) is 3.73. The van der Waals surface area contributed by atoms with E-state index in [2.05, 4.69) is 15.8 Å². The van der Waals surface area contributed by atoms with E-state index in [0.29, 0.717) is 12.8 Å². The monoisotopic (exact) mass is 311 g/mol. The van der Waals surface area contributed by atoms with Gasteiger partial charge in [-0.1, -0.05) is 32.1 Å². The highest BCUT2D eigenvalue weighted by Gasteiger charge is 2.36. The molecule has 0 amide bonds. The Kier molecular flexibility index (Phi) is 4.91. The van der Waals surface area contributed by atoms with Gasteiger partial charge < -0.3 is 0 Å². The van der Waals surface area contributed by atoms with Crippen LogP contribution in [0, 0.1) is 17.1 Å². The van der Waals surface area contributed by atoms with Crippen LogP contribution in [-0.2, 0) is 10.0 Å². The first-order valence-electron chi connectivity index (χ1n) is 7.05. The molecule has 21 heavy (non-hydrogen) atoms. The quantitative estimate of drug-likeness (QED) is 0.929. The summed E-state index contributed by atoms with van der Waals surface area (Å²) < 4.78 is 40.7. The Balaban J connectivity index is 2.28. The molecule has 1 heterocycles. The van der Waals surface area contributed by atoms with Gasteiger partial charge in [-0.15, -0.1) is 0 Å². The number of nitrogens with zero attached hydrogens (tertiary/aromatic N) is 2. The molecule has 0 radical (unpaired) electrons. The number of hydrogen-bond donors (Lipinski definition) is 1. The van der Waals surface area contributed by atoms with Crippen molar-refractivity contribution in [3.05, 3.63) is 24.1 Å². The highest BCUT2D eigenvalue weighted by Crippen LogP contribution is 2.27. The molecule has 2 rings (SSSR count). The smallest absolute Gasteiger partial charge is 0.241 e. The maximum Gasteiger partial charge on any atom is 0.262 e. The summed E-state index contributed by atoms with van der Waals surface area (Å²) in [6.07, 6.45) is 6.71. The lowest BCUT2D eigenvalue weighted by Crippen LogP contribution is -2.48. The second-order valence-corrected chi connectivity index (χ2v) is 6.96. The van der Waals surface area contributed by atoms with E-state index >= 15 is 0 Å². The number of halogens is 1. The van der Waals surface area contributed by atoms with Crippen LogP contribution in [0.5, 0.6) is 0 Å². The Morgan fingerprint density at radius 2 is 1.86 bits per heavy atom. The van der Waals surface area contributed by atoms with Crippen LogP contribution in [0.3, 0.4) is 0 Å². The highest BCUT2D eigenvalue weighted by molar-refractivity contribution is 7.89. The predicted octanol–water partition coefficient (Wildman–Crippen LogP) is 2.51. The Bertz CT molecular complexity index is 632. The van der Waals surface area contributed by atoms with Gasteiger partial charge in [0.1, 0.15) is 5.54 Å². The van der Waals surface area contributed by atoms with Crippen LogP contribution < -0.4 is 4.72 Å². The van der Waals surface area contributed by atoms with E-state index in [1.807, 2.05) is 0 Å². The molecule has 5 nitrogen and oxygen atoms in total. The fraction of sp³-hybridized carbons (Fsp3) is 0.571. The van der Waals surface area contributed by atoms with Gasteiger partial charge in [0.05, 0.1) is 6.07 Å². The first kappa shape index (κ1) is 15.9. The predicted molar refractivity (Wildman–Crippen MR) is 75.2 cm³/mol. The second-order valence-electron chi connectivity index (χ2n) is 5.36. The van der Waals surface area contributed by atoms with Crippen LogP contribution in [0.15, 0.2) is 23.4 Å². The molecule has 0 atom stereocenters. The average molecular weight is 311 g/mol. The van der Waals surface area contributed by atoms with Crippen molar-refractivity contribution >= 4 is 10.0 Å². The fourth-order valence-corrected chi connectivity index (χ4v) is 4.01. The zero-order chi connectivity index (χ0) is 15.3. The third-order valence-corrected chi connectivity index (χ3v) is 5.20. The Morgan fingerprint density at radius 3 is 2.43 bits per heavy atom. The number of rotatable bonds is 3. The molecular formula is C14H18FN3O2S. The maximum absolute atomic E-state index is 13.6. The van der Waals surface area contributed by atoms with Crippen LogP contribution in [0.1, 0.15) is 44.9 Å². The van der Waals surface area contributed by atoms with Crippen molar-refractivity contribution < 1.29 is 12.8 Å². The number of hydrogen-bond acceptors (Lipinski definition) is 4. The molecule has 0 aliphatic heterocycles. The molecule has 1 aromatic rings. The van der Waals surface area contributed by atoms with Crippen LogP contribution in [0.25, 0.3) is 0 Å². The largest absolute Gasteiger partial charge is 0.262 e. The molecule has 0 unspecified atom stereocenters. The minimum absolute atomic E-state index is 0.442. The minimum Gasteiger partial charge on any atom is -0.241 e. The summed E-state index contributed by atoms with van der Waals surface area (Å²) in [7, 11) is -4.15. The number of aromatic nitrogens is 1. The van der Waals surface area contributed by atoms with Gasteiger partial charge in [-0.2, -0.15) is 9.98 Å². The van der Waals surface area contributed by atoms with E-state index in [9.17, 15) is 18.1 Å². The van der Waals surface area contributed by atoms with Crippen molar-refractivity contribution in [3.63, 3.8) is 0 Å². The molecular weight excluding hydrogens is 293 g/mol. The van der Waals surface area contributed by atoms with Gasteiger partial charge >= 0.3 is 0 Å². The zero-order valence-electron chi connectivity index (χ0n) is 11.7. The lowest BCUT2D eigenvalue weighted by molar-refractivity contribution is 0.356.